The predicted octanol–water partition coefficient (Wildman–Crippen LogP) is 1.56. The third-order valence-corrected chi connectivity index (χ3v) is 4.30. The fraction of sp³-hybridized carbons (Fsp3) is 0.444. The first-order chi connectivity index (χ1) is 12.2. The molecule has 0 unspecified atom stereocenters. The van der Waals surface area contributed by atoms with Crippen LogP contribution in [-0.4, -0.2) is 60.4 Å². The van der Waals surface area contributed by atoms with Crippen LogP contribution >= 0.6 is 0 Å². The van der Waals surface area contributed by atoms with Crippen LogP contribution in [0, 0.1) is 0 Å². The van der Waals surface area contributed by atoms with Gasteiger partial charge < -0.3 is 24.4 Å². The summed E-state index contributed by atoms with van der Waals surface area (Å²) >= 11 is 0. The number of amides is 2. The van der Waals surface area contributed by atoms with E-state index >= 15 is 0 Å². The maximum Gasteiger partial charge on any atom is 0.317 e. The number of hydrogen-bond donors (Lipinski definition) is 1. The summed E-state index contributed by atoms with van der Waals surface area (Å²) in [6, 6.07) is 8.19. The minimum Gasteiger partial charge on any atom is -0.378 e. The van der Waals surface area contributed by atoms with Crippen LogP contribution < -0.4 is 10.2 Å². The zero-order chi connectivity index (χ0) is 17.5. The third-order valence-electron chi connectivity index (χ3n) is 4.30. The SMILES string of the molecule is CN(Cc1ccccc1N1CCOCC1)C(=O)NCCn1ccnc1. The molecule has 1 fully saturated rings. The highest BCUT2D eigenvalue weighted by Crippen LogP contribution is 2.22. The van der Waals surface area contributed by atoms with Crippen LogP contribution in [0.5, 0.6) is 0 Å². The maximum atomic E-state index is 12.3. The molecular formula is C18H25N5O2. The number of aromatic nitrogens is 2. The second kappa shape index (κ2) is 8.53. The zero-order valence-electron chi connectivity index (χ0n) is 14.6. The van der Waals surface area contributed by atoms with Gasteiger partial charge in [-0.05, 0) is 11.6 Å². The molecule has 1 saturated heterocycles. The van der Waals surface area contributed by atoms with Crippen molar-refractivity contribution in [2.24, 2.45) is 0 Å². The number of urea groups is 1. The van der Waals surface area contributed by atoms with Crippen molar-refractivity contribution < 1.29 is 9.53 Å². The molecule has 1 N–H and O–H groups in total. The number of anilines is 1. The van der Waals surface area contributed by atoms with Gasteiger partial charge in [-0.1, -0.05) is 18.2 Å². The molecule has 0 radical (unpaired) electrons. The first kappa shape index (κ1) is 17.3. The number of nitrogens with one attached hydrogen (secondary N) is 1. The lowest BCUT2D eigenvalue weighted by Gasteiger charge is -2.31. The van der Waals surface area contributed by atoms with E-state index in [1.807, 2.05) is 29.9 Å². The second-order valence-corrected chi connectivity index (χ2v) is 6.12. The fourth-order valence-electron chi connectivity index (χ4n) is 2.93. The van der Waals surface area contributed by atoms with Crippen molar-refractivity contribution in [3.05, 3.63) is 48.5 Å². The molecular weight excluding hydrogens is 318 g/mol. The van der Waals surface area contributed by atoms with E-state index in [2.05, 4.69) is 27.3 Å². The molecule has 0 spiro atoms. The number of carbonyl (C=O) groups excluding carboxylic acids is 1. The number of hydrogen-bond acceptors (Lipinski definition) is 4. The third kappa shape index (κ3) is 4.73. The highest BCUT2D eigenvalue weighted by Gasteiger charge is 2.16. The molecule has 1 aromatic carbocycles. The Morgan fingerprint density at radius 2 is 2.12 bits per heavy atom. The van der Waals surface area contributed by atoms with Crippen LogP contribution in [0.1, 0.15) is 5.56 Å². The number of benzene rings is 1. The van der Waals surface area contributed by atoms with Crippen LogP contribution in [-0.2, 0) is 17.8 Å². The molecule has 2 amide bonds. The fourth-order valence-corrected chi connectivity index (χ4v) is 2.93. The van der Waals surface area contributed by atoms with Gasteiger partial charge in [0.2, 0.25) is 0 Å². The van der Waals surface area contributed by atoms with E-state index in [1.54, 1.807) is 17.4 Å². The minimum atomic E-state index is -0.0723. The monoisotopic (exact) mass is 343 g/mol. The number of nitrogens with zero attached hydrogens (tertiary/aromatic N) is 4. The largest absolute Gasteiger partial charge is 0.378 e. The van der Waals surface area contributed by atoms with Gasteiger partial charge in [-0.2, -0.15) is 0 Å². The summed E-state index contributed by atoms with van der Waals surface area (Å²) in [5.41, 5.74) is 2.33. The average molecular weight is 343 g/mol. The van der Waals surface area contributed by atoms with E-state index in [-0.39, 0.29) is 6.03 Å². The summed E-state index contributed by atoms with van der Waals surface area (Å²) in [6.07, 6.45) is 5.36. The average Bonchev–Trinajstić information content (AvgIpc) is 3.16. The Bertz CT molecular complexity index is 668. The van der Waals surface area contributed by atoms with Crippen molar-refractivity contribution in [1.82, 2.24) is 19.8 Å². The van der Waals surface area contributed by atoms with E-state index in [0.717, 1.165) is 31.9 Å². The Balaban J connectivity index is 1.54. The lowest BCUT2D eigenvalue weighted by atomic mass is 10.1. The number of ether oxygens (including phenoxy) is 1. The van der Waals surface area contributed by atoms with Gasteiger partial charge in [0.15, 0.2) is 0 Å². The van der Waals surface area contributed by atoms with Gasteiger partial charge in [-0.15, -0.1) is 0 Å². The van der Waals surface area contributed by atoms with E-state index in [1.165, 1.54) is 5.69 Å². The van der Waals surface area contributed by atoms with Crippen molar-refractivity contribution in [2.45, 2.75) is 13.1 Å². The van der Waals surface area contributed by atoms with Gasteiger partial charge in [0.25, 0.3) is 0 Å². The lowest BCUT2D eigenvalue weighted by Crippen LogP contribution is -2.39. The van der Waals surface area contributed by atoms with Gasteiger partial charge in [0, 0.05) is 57.9 Å². The molecule has 0 saturated carbocycles. The predicted molar refractivity (Wildman–Crippen MR) is 96.6 cm³/mol. The number of imidazole rings is 1. The number of rotatable bonds is 6. The Morgan fingerprint density at radius 1 is 1.32 bits per heavy atom. The Morgan fingerprint density at radius 3 is 2.88 bits per heavy atom. The van der Waals surface area contributed by atoms with Gasteiger partial charge >= 0.3 is 6.03 Å². The number of carbonyl (C=O) groups is 1. The molecule has 25 heavy (non-hydrogen) atoms. The van der Waals surface area contributed by atoms with E-state index in [4.69, 9.17) is 4.74 Å². The first-order valence-corrected chi connectivity index (χ1v) is 8.59. The first-order valence-electron chi connectivity index (χ1n) is 8.59. The van der Waals surface area contributed by atoms with Crippen molar-refractivity contribution in [3.8, 4) is 0 Å². The van der Waals surface area contributed by atoms with Gasteiger partial charge in [0.1, 0.15) is 0 Å². The topological polar surface area (TPSA) is 62.6 Å². The highest BCUT2D eigenvalue weighted by molar-refractivity contribution is 5.74. The van der Waals surface area contributed by atoms with Crippen LogP contribution in [0.4, 0.5) is 10.5 Å². The van der Waals surface area contributed by atoms with Crippen molar-refractivity contribution >= 4 is 11.7 Å². The molecule has 1 aliphatic rings. The summed E-state index contributed by atoms with van der Waals surface area (Å²) < 4.78 is 7.37. The molecule has 7 nitrogen and oxygen atoms in total. The Hall–Kier alpha value is -2.54. The van der Waals surface area contributed by atoms with E-state index < -0.39 is 0 Å². The normalized spacial score (nSPS) is 14.4. The zero-order valence-corrected chi connectivity index (χ0v) is 14.6. The standard InChI is InChI=1S/C18H25N5O2/c1-21(18(24)20-7-9-22-8-6-19-15-22)14-16-4-2-3-5-17(16)23-10-12-25-13-11-23/h2-6,8,15H,7,9-14H2,1H3,(H,20,24). The van der Waals surface area contributed by atoms with Gasteiger partial charge in [-0.25, -0.2) is 9.78 Å². The summed E-state index contributed by atoms with van der Waals surface area (Å²) in [5.74, 6) is 0. The number of morpholine rings is 1. The molecule has 1 aliphatic heterocycles. The minimum absolute atomic E-state index is 0.0723. The van der Waals surface area contributed by atoms with Crippen molar-refractivity contribution in [1.29, 1.82) is 0 Å². The summed E-state index contributed by atoms with van der Waals surface area (Å²) in [6.45, 7) is 5.13. The van der Waals surface area contributed by atoms with Crippen LogP contribution in [0.25, 0.3) is 0 Å². The quantitative estimate of drug-likeness (QED) is 0.865. The maximum absolute atomic E-state index is 12.3. The Kier molecular flexibility index (Phi) is 5.90. The molecule has 2 aromatic rings. The van der Waals surface area contributed by atoms with Crippen molar-refractivity contribution in [2.75, 3.05) is 44.8 Å². The molecule has 2 heterocycles. The van der Waals surface area contributed by atoms with Crippen LogP contribution in [0.15, 0.2) is 43.0 Å². The highest BCUT2D eigenvalue weighted by atomic mass is 16.5. The van der Waals surface area contributed by atoms with Crippen molar-refractivity contribution in [3.63, 3.8) is 0 Å². The Labute approximate surface area is 148 Å². The molecule has 134 valence electrons. The smallest absolute Gasteiger partial charge is 0.317 e. The van der Waals surface area contributed by atoms with E-state index in [9.17, 15) is 4.79 Å². The molecule has 7 heteroatoms. The van der Waals surface area contributed by atoms with Crippen LogP contribution in [0.3, 0.4) is 0 Å². The molecule has 0 atom stereocenters. The molecule has 0 bridgehead atoms. The van der Waals surface area contributed by atoms with Crippen LogP contribution in [0.2, 0.25) is 0 Å². The summed E-state index contributed by atoms with van der Waals surface area (Å²) in [7, 11) is 1.82. The van der Waals surface area contributed by atoms with Gasteiger partial charge in [-0.3, -0.25) is 0 Å². The summed E-state index contributed by atoms with van der Waals surface area (Å²) in [4.78, 5) is 20.3. The molecule has 0 aliphatic carbocycles. The number of para-hydroxylation sites is 1. The van der Waals surface area contributed by atoms with E-state index in [0.29, 0.717) is 19.6 Å². The second-order valence-electron chi connectivity index (χ2n) is 6.12. The van der Waals surface area contributed by atoms with Gasteiger partial charge in [0.05, 0.1) is 19.5 Å². The molecule has 1 aromatic heterocycles. The summed E-state index contributed by atoms with van der Waals surface area (Å²) in [5, 5.41) is 2.94. The molecule has 3 rings (SSSR count). The lowest BCUT2D eigenvalue weighted by molar-refractivity contribution is 0.122.